The van der Waals surface area contributed by atoms with Gasteiger partial charge in [0.1, 0.15) is 17.4 Å². The van der Waals surface area contributed by atoms with Crippen LogP contribution in [0.1, 0.15) is 17.0 Å². The highest BCUT2D eigenvalue weighted by molar-refractivity contribution is 6.02. The van der Waals surface area contributed by atoms with Crippen LogP contribution in [0.4, 0.5) is 20.2 Å². The van der Waals surface area contributed by atoms with Crippen LogP contribution in [0.15, 0.2) is 59.0 Å². The zero-order valence-corrected chi connectivity index (χ0v) is 15.9. The van der Waals surface area contributed by atoms with E-state index in [2.05, 4.69) is 15.5 Å². The minimum absolute atomic E-state index is 0.0603. The maximum atomic E-state index is 13.4. The van der Waals surface area contributed by atoms with Crippen molar-refractivity contribution in [2.24, 2.45) is 0 Å². The molecule has 0 saturated carbocycles. The lowest BCUT2D eigenvalue weighted by Gasteiger charge is -2.19. The Morgan fingerprint density at radius 2 is 1.79 bits per heavy atom. The lowest BCUT2D eigenvalue weighted by molar-refractivity contribution is 0.0997. The van der Waals surface area contributed by atoms with Crippen molar-refractivity contribution in [1.29, 1.82) is 0 Å². The third kappa shape index (κ3) is 4.30. The molecule has 0 aliphatic carbocycles. The molecule has 1 atom stereocenters. The molecule has 29 heavy (non-hydrogen) atoms. The summed E-state index contributed by atoms with van der Waals surface area (Å²) in [6.45, 7) is 1.95. The first-order valence-electron chi connectivity index (χ1n) is 9.42. The molecule has 3 aromatic rings. The van der Waals surface area contributed by atoms with Gasteiger partial charge in [-0.3, -0.25) is 4.79 Å². The predicted molar refractivity (Wildman–Crippen MR) is 108 cm³/mol. The first kappa shape index (κ1) is 19.1. The van der Waals surface area contributed by atoms with Crippen molar-refractivity contribution in [2.45, 2.75) is 12.5 Å². The standard InChI is InChI=1S/C22H21F2N3O2/c1-25-18-8-9-27(13-18)19-4-2-17(3-5-19)26-22(28)21-7-6-20(29-21)14-10-15(23)12-16(24)11-14/h2-7,10-12,18,25H,8-9,13H2,1H3,(H,26,28). The minimum atomic E-state index is -0.707. The van der Waals surface area contributed by atoms with Gasteiger partial charge < -0.3 is 20.0 Å². The third-order valence-corrected chi connectivity index (χ3v) is 5.06. The van der Waals surface area contributed by atoms with Crippen molar-refractivity contribution < 1.29 is 18.0 Å². The summed E-state index contributed by atoms with van der Waals surface area (Å²) in [5.74, 6) is -1.57. The number of amides is 1. The Labute approximate surface area is 167 Å². The van der Waals surface area contributed by atoms with E-state index in [4.69, 9.17) is 4.42 Å². The highest BCUT2D eigenvalue weighted by Crippen LogP contribution is 2.26. The van der Waals surface area contributed by atoms with Crippen molar-refractivity contribution in [3.8, 4) is 11.3 Å². The lowest BCUT2D eigenvalue weighted by Crippen LogP contribution is -2.29. The summed E-state index contributed by atoms with van der Waals surface area (Å²) in [6.07, 6.45) is 1.10. The maximum absolute atomic E-state index is 13.4. The average molecular weight is 397 g/mol. The second-order valence-corrected chi connectivity index (χ2v) is 7.04. The average Bonchev–Trinajstić information content (AvgIpc) is 3.38. The fraction of sp³-hybridized carbons (Fsp3) is 0.227. The number of hydrogen-bond donors (Lipinski definition) is 2. The van der Waals surface area contributed by atoms with Crippen molar-refractivity contribution in [2.75, 3.05) is 30.4 Å². The number of likely N-dealkylation sites (N-methyl/N-ethyl adjacent to an activating group) is 1. The SMILES string of the molecule is CNC1CCN(c2ccc(NC(=O)c3ccc(-c4cc(F)cc(F)c4)o3)cc2)C1. The molecule has 1 saturated heterocycles. The Hall–Kier alpha value is -3.19. The van der Waals surface area contributed by atoms with Crippen LogP contribution in [0.2, 0.25) is 0 Å². The largest absolute Gasteiger partial charge is 0.451 e. The molecule has 1 aliphatic heterocycles. The highest BCUT2D eigenvalue weighted by Gasteiger charge is 2.21. The number of halogens is 2. The maximum Gasteiger partial charge on any atom is 0.291 e. The van der Waals surface area contributed by atoms with Crippen molar-refractivity contribution in [3.63, 3.8) is 0 Å². The third-order valence-electron chi connectivity index (χ3n) is 5.06. The molecule has 4 rings (SSSR count). The fourth-order valence-corrected chi connectivity index (χ4v) is 3.49. The number of anilines is 2. The summed E-state index contributed by atoms with van der Waals surface area (Å²) >= 11 is 0. The molecule has 1 amide bonds. The quantitative estimate of drug-likeness (QED) is 0.675. The number of furan rings is 1. The van der Waals surface area contributed by atoms with E-state index in [1.165, 1.54) is 12.1 Å². The lowest BCUT2D eigenvalue weighted by atomic mass is 10.1. The van der Waals surface area contributed by atoms with Crippen LogP contribution in [0.5, 0.6) is 0 Å². The second kappa shape index (κ2) is 8.05. The van der Waals surface area contributed by atoms with Gasteiger partial charge in [-0.05, 0) is 62.0 Å². The molecule has 0 bridgehead atoms. The van der Waals surface area contributed by atoms with E-state index in [1.54, 1.807) is 0 Å². The minimum Gasteiger partial charge on any atom is -0.451 e. The topological polar surface area (TPSA) is 57.5 Å². The molecule has 5 nitrogen and oxygen atoms in total. The van der Waals surface area contributed by atoms with Crippen molar-refractivity contribution >= 4 is 17.3 Å². The van der Waals surface area contributed by atoms with Crippen LogP contribution in [0.3, 0.4) is 0 Å². The molecule has 1 aromatic heterocycles. The molecule has 0 radical (unpaired) electrons. The summed E-state index contributed by atoms with van der Waals surface area (Å²) in [7, 11) is 1.97. The summed E-state index contributed by atoms with van der Waals surface area (Å²) in [6, 6.07) is 14.2. The Morgan fingerprint density at radius 3 is 2.45 bits per heavy atom. The van der Waals surface area contributed by atoms with Crippen LogP contribution in [-0.2, 0) is 0 Å². The number of nitrogens with zero attached hydrogens (tertiary/aromatic N) is 1. The molecule has 1 fully saturated rings. The summed E-state index contributed by atoms with van der Waals surface area (Å²) in [4.78, 5) is 14.7. The van der Waals surface area contributed by atoms with Crippen molar-refractivity contribution in [1.82, 2.24) is 5.32 Å². The van der Waals surface area contributed by atoms with Gasteiger partial charge in [0.05, 0.1) is 0 Å². The molecule has 2 heterocycles. The van der Waals surface area contributed by atoms with Gasteiger partial charge >= 0.3 is 0 Å². The number of carbonyl (C=O) groups excluding carboxylic acids is 1. The Bertz CT molecular complexity index is 997. The van der Waals surface area contributed by atoms with Crippen LogP contribution >= 0.6 is 0 Å². The number of benzene rings is 2. The molecular formula is C22H21F2N3O2. The van der Waals surface area contributed by atoms with Crippen LogP contribution in [-0.4, -0.2) is 32.1 Å². The van der Waals surface area contributed by atoms with E-state index in [9.17, 15) is 13.6 Å². The van der Waals surface area contributed by atoms with E-state index in [-0.39, 0.29) is 17.1 Å². The van der Waals surface area contributed by atoms with Gasteiger partial charge in [0.25, 0.3) is 5.91 Å². The number of rotatable bonds is 5. The first-order chi connectivity index (χ1) is 14.0. The Balaban J connectivity index is 1.43. The van der Waals surface area contributed by atoms with E-state index in [1.807, 2.05) is 31.3 Å². The smallest absolute Gasteiger partial charge is 0.291 e. The van der Waals surface area contributed by atoms with Gasteiger partial charge in [-0.15, -0.1) is 0 Å². The van der Waals surface area contributed by atoms with Gasteiger partial charge in [-0.1, -0.05) is 0 Å². The van der Waals surface area contributed by atoms with E-state index < -0.39 is 17.5 Å². The van der Waals surface area contributed by atoms with Crippen LogP contribution in [0.25, 0.3) is 11.3 Å². The van der Waals surface area contributed by atoms with Gasteiger partial charge in [-0.2, -0.15) is 0 Å². The predicted octanol–water partition coefficient (Wildman–Crippen LogP) is 4.28. The molecule has 1 aliphatic rings. The summed E-state index contributed by atoms with van der Waals surface area (Å²) in [5.41, 5.74) is 1.98. The summed E-state index contributed by atoms with van der Waals surface area (Å²) in [5, 5.41) is 6.06. The molecule has 2 aromatic carbocycles. The Kier molecular flexibility index (Phi) is 5.31. The van der Waals surface area contributed by atoms with Gasteiger partial charge in [0, 0.05) is 42.1 Å². The molecular weight excluding hydrogens is 376 g/mol. The molecule has 1 unspecified atom stereocenters. The van der Waals surface area contributed by atoms with E-state index in [0.717, 1.165) is 43.4 Å². The van der Waals surface area contributed by atoms with E-state index in [0.29, 0.717) is 11.7 Å². The molecule has 2 N–H and O–H groups in total. The number of hydrogen-bond acceptors (Lipinski definition) is 4. The number of carbonyl (C=O) groups is 1. The van der Waals surface area contributed by atoms with Gasteiger partial charge in [0.2, 0.25) is 0 Å². The molecule has 0 spiro atoms. The van der Waals surface area contributed by atoms with Gasteiger partial charge in [0.15, 0.2) is 5.76 Å². The fourth-order valence-electron chi connectivity index (χ4n) is 3.49. The Morgan fingerprint density at radius 1 is 1.07 bits per heavy atom. The first-order valence-corrected chi connectivity index (χ1v) is 9.42. The van der Waals surface area contributed by atoms with Crippen LogP contribution in [0, 0.1) is 11.6 Å². The monoisotopic (exact) mass is 397 g/mol. The van der Waals surface area contributed by atoms with Crippen molar-refractivity contribution in [3.05, 3.63) is 72.0 Å². The summed E-state index contributed by atoms with van der Waals surface area (Å²) < 4.78 is 32.3. The zero-order valence-electron chi connectivity index (χ0n) is 15.9. The second-order valence-electron chi connectivity index (χ2n) is 7.04. The number of nitrogens with one attached hydrogen (secondary N) is 2. The molecule has 7 heteroatoms. The highest BCUT2D eigenvalue weighted by atomic mass is 19.1. The normalized spacial score (nSPS) is 16.2. The van der Waals surface area contributed by atoms with Crippen LogP contribution < -0.4 is 15.5 Å². The van der Waals surface area contributed by atoms with Gasteiger partial charge in [-0.25, -0.2) is 8.78 Å². The molecule has 150 valence electrons. The van der Waals surface area contributed by atoms with E-state index >= 15 is 0 Å². The zero-order chi connectivity index (χ0) is 20.4.